The number of nitrogen functional groups attached to an aromatic ring is 1. The Hall–Kier alpha value is -1.56. The van der Waals surface area contributed by atoms with Gasteiger partial charge in [0.05, 0.1) is 19.8 Å². The van der Waals surface area contributed by atoms with Crippen LogP contribution in [-0.2, 0) is 15.9 Å². The lowest BCUT2D eigenvalue weighted by molar-refractivity contribution is 0.0595. The molecule has 1 heterocycles. The summed E-state index contributed by atoms with van der Waals surface area (Å²) >= 11 is 0. The highest BCUT2D eigenvalue weighted by Gasteiger charge is 2.24. The molecule has 108 valence electrons. The van der Waals surface area contributed by atoms with Crippen molar-refractivity contribution in [3.63, 3.8) is 0 Å². The number of methoxy groups -OCH3 is 2. The second kappa shape index (κ2) is 7.13. The van der Waals surface area contributed by atoms with Crippen LogP contribution in [0.5, 0.6) is 0 Å². The highest BCUT2D eigenvalue weighted by Crippen LogP contribution is 2.25. The summed E-state index contributed by atoms with van der Waals surface area (Å²) in [6.45, 7) is 4.62. The number of aromatic nitrogens is 2. The summed E-state index contributed by atoms with van der Waals surface area (Å²) in [5.41, 5.74) is 6.25. The summed E-state index contributed by atoms with van der Waals surface area (Å²) in [4.78, 5) is 15.9. The van der Waals surface area contributed by atoms with E-state index < -0.39 is 5.97 Å². The molecule has 1 aromatic rings. The van der Waals surface area contributed by atoms with Crippen molar-refractivity contribution in [2.75, 3.05) is 26.6 Å². The van der Waals surface area contributed by atoms with Gasteiger partial charge in [-0.05, 0) is 6.42 Å². The minimum absolute atomic E-state index is 0.0934. The summed E-state index contributed by atoms with van der Waals surface area (Å²) in [6, 6.07) is 0.0934. The number of carbonyl (C=O) groups is 1. The van der Waals surface area contributed by atoms with E-state index in [4.69, 9.17) is 15.2 Å². The predicted molar refractivity (Wildman–Crippen MR) is 73.2 cm³/mol. The van der Waals surface area contributed by atoms with Gasteiger partial charge >= 0.3 is 5.97 Å². The maximum atomic E-state index is 11.6. The Bertz CT molecular complexity index is 423. The minimum atomic E-state index is -0.501. The number of nitrogens with zero attached hydrogens (tertiary/aromatic N) is 2. The third-order valence-corrected chi connectivity index (χ3v) is 3.06. The van der Waals surface area contributed by atoms with E-state index in [9.17, 15) is 4.79 Å². The van der Waals surface area contributed by atoms with E-state index in [0.717, 1.165) is 18.7 Å². The summed E-state index contributed by atoms with van der Waals surface area (Å²) in [6.07, 6.45) is 2.62. The van der Waals surface area contributed by atoms with Crippen LogP contribution in [-0.4, -0.2) is 36.3 Å². The molecular weight excluding hydrogens is 246 g/mol. The number of hydrogen-bond donors (Lipinski definition) is 1. The zero-order chi connectivity index (χ0) is 14.4. The van der Waals surface area contributed by atoms with Gasteiger partial charge < -0.3 is 19.8 Å². The van der Waals surface area contributed by atoms with Crippen LogP contribution >= 0.6 is 0 Å². The maximum absolute atomic E-state index is 11.6. The Balaban J connectivity index is 3.22. The van der Waals surface area contributed by atoms with Gasteiger partial charge in [0, 0.05) is 13.5 Å². The lowest BCUT2D eigenvalue weighted by Crippen LogP contribution is -2.19. The normalized spacial score (nSPS) is 12.4. The summed E-state index contributed by atoms with van der Waals surface area (Å²) in [5, 5.41) is 0. The molecule has 0 spiro atoms. The van der Waals surface area contributed by atoms with Crippen molar-refractivity contribution in [3.05, 3.63) is 11.5 Å². The van der Waals surface area contributed by atoms with E-state index in [1.165, 1.54) is 7.11 Å². The van der Waals surface area contributed by atoms with E-state index in [2.05, 4.69) is 11.9 Å². The number of esters is 1. The molecule has 0 saturated heterocycles. The van der Waals surface area contributed by atoms with Gasteiger partial charge in [-0.1, -0.05) is 20.3 Å². The summed E-state index contributed by atoms with van der Waals surface area (Å²) in [5.74, 6) is 0.645. The SMILES string of the molecule is CCCC(COC)n1c(CC)nc(C(=O)OC)c1N. The zero-order valence-corrected chi connectivity index (χ0v) is 12.1. The van der Waals surface area contributed by atoms with Gasteiger partial charge in [0.1, 0.15) is 11.6 Å². The highest BCUT2D eigenvalue weighted by molar-refractivity contribution is 5.92. The summed E-state index contributed by atoms with van der Waals surface area (Å²) in [7, 11) is 2.98. The number of aryl methyl sites for hydroxylation is 1. The Kier molecular flexibility index (Phi) is 5.82. The van der Waals surface area contributed by atoms with E-state index >= 15 is 0 Å². The Morgan fingerprint density at radius 1 is 1.42 bits per heavy atom. The van der Waals surface area contributed by atoms with Crippen LogP contribution in [0.3, 0.4) is 0 Å². The van der Waals surface area contributed by atoms with Gasteiger partial charge in [0.25, 0.3) is 0 Å². The molecule has 6 nitrogen and oxygen atoms in total. The van der Waals surface area contributed by atoms with E-state index in [0.29, 0.717) is 18.8 Å². The molecule has 0 bridgehead atoms. The van der Waals surface area contributed by atoms with Gasteiger partial charge in [0.15, 0.2) is 5.69 Å². The highest BCUT2D eigenvalue weighted by atomic mass is 16.5. The second-order valence-corrected chi connectivity index (χ2v) is 4.37. The quantitative estimate of drug-likeness (QED) is 0.763. The molecule has 0 aliphatic rings. The Morgan fingerprint density at radius 2 is 2.11 bits per heavy atom. The monoisotopic (exact) mass is 269 g/mol. The molecule has 0 aromatic carbocycles. The number of ether oxygens (including phenoxy) is 2. The Morgan fingerprint density at radius 3 is 2.58 bits per heavy atom. The van der Waals surface area contributed by atoms with Crippen molar-refractivity contribution in [3.8, 4) is 0 Å². The van der Waals surface area contributed by atoms with Gasteiger partial charge in [-0.25, -0.2) is 9.78 Å². The van der Waals surface area contributed by atoms with Crippen molar-refractivity contribution in [2.24, 2.45) is 0 Å². The maximum Gasteiger partial charge on any atom is 0.360 e. The average Bonchev–Trinajstić information content (AvgIpc) is 2.74. The first-order chi connectivity index (χ1) is 9.10. The number of rotatable bonds is 7. The Labute approximate surface area is 113 Å². The van der Waals surface area contributed by atoms with Crippen LogP contribution < -0.4 is 5.73 Å². The molecule has 1 atom stereocenters. The van der Waals surface area contributed by atoms with E-state index in [1.54, 1.807) is 7.11 Å². The molecule has 1 aromatic heterocycles. The molecule has 0 saturated carbocycles. The van der Waals surface area contributed by atoms with Crippen molar-refractivity contribution in [1.82, 2.24) is 9.55 Å². The molecule has 0 aliphatic heterocycles. The minimum Gasteiger partial charge on any atom is -0.464 e. The fourth-order valence-corrected chi connectivity index (χ4v) is 2.21. The van der Waals surface area contributed by atoms with Crippen LogP contribution in [0.1, 0.15) is 49.0 Å². The van der Waals surface area contributed by atoms with Gasteiger partial charge in [0.2, 0.25) is 0 Å². The second-order valence-electron chi connectivity index (χ2n) is 4.37. The molecular formula is C13H23N3O3. The predicted octanol–water partition coefficient (Wildman–Crippen LogP) is 1.80. The molecule has 19 heavy (non-hydrogen) atoms. The molecule has 1 unspecified atom stereocenters. The number of anilines is 1. The van der Waals surface area contributed by atoms with Crippen molar-refractivity contribution in [1.29, 1.82) is 0 Å². The van der Waals surface area contributed by atoms with Crippen molar-refractivity contribution >= 4 is 11.8 Å². The van der Waals surface area contributed by atoms with Crippen LogP contribution in [0, 0.1) is 0 Å². The van der Waals surface area contributed by atoms with Crippen molar-refractivity contribution in [2.45, 2.75) is 39.2 Å². The molecule has 0 fully saturated rings. The first-order valence-electron chi connectivity index (χ1n) is 6.54. The van der Waals surface area contributed by atoms with Crippen LogP contribution in [0.15, 0.2) is 0 Å². The first kappa shape index (κ1) is 15.5. The lowest BCUT2D eigenvalue weighted by Gasteiger charge is -2.20. The topological polar surface area (TPSA) is 79.4 Å². The summed E-state index contributed by atoms with van der Waals surface area (Å²) < 4.78 is 11.8. The molecule has 0 aliphatic carbocycles. The average molecular weight is 269 g/mol. The molecule has 2 N–H and O–H groups in total. The number of nitrogens with two attached hydrogens (primary N) is 1. The van der Waals surface area contributed by atoms with Crippen LogP contribution in [0.25, 0.3) is 0 Å². The van der Waals surface area contributed by atoms with E-state index in [1.807, 2.05) is 11.5 Å². The zero-order valence-electron chi connectivity index (χ0n) is 12.1. The van der Waals surface area contributed by atoms with Crippen LogP contribution in [0.2, 0.25) is 0 Å². The number of hydrogen-bond acceptors (Lipinski definition) is 5. The van der Waals surface area contributed by atoms with Crippen LogP contribution in [0.4, 0.5) is 5.82 Å². The standard InChI is InChI=1S/C13H23N3O3/c1-5-7-9(8-18-3)16-10(6-2)15-11(12(16)14)13(17)19-4/h9H,5-8,14H2,1-4H3. The van der Waals surface area contributed by atoms with Crippen molar-refractivity contribution < 1.29 is 14.3 Å². The first-order valence-corrected chi connectivity index (χ1v) is 6.54. The van der Waals surface area contributed by atoms with Gasteiger partial charge in [-0.2, -0.15) is 0 Å². The number of imidazole rings is 1. The third kappa shape index (κ3) is 3.26. The number of carbonyl (C=O) groups excluding carboxylic acids is 1. The molecule has 1 rings (SSSR count). The van der Waals surface area contributed by atoms with E-state index in [-0.39, 0.29) is 11.7 Å². The molecule has 0 radical (unpaired) electrons. The molecule has 6 heteroatoms. The fourth-order valence-electron chi connectivity index (χ4n) is 2.21. The molecule has 0 amide bonds. The van der Waals surface area contributed by atoms with Gasteiger partial charge in [-0.3, -0.25) is 0 Å². The smallest absolute Gasteiger partial charge is 0.360 e. The lowest BCUT2D eigenvalue weighted by atomic mass is 10.1. The fraction of sp³-hybridized carbons (Fsp3) is 0.692. The van der Waals surface area contributed by atoms with Gasteiger partial charge in [-0.15, -0.1) is 0 Å². The third-order valence-electron chi connectivity index (χ3n) is 3.06. The largest absolute Gasteiger partial charge is 0.464 e.